The molecule has 1 N–H and O–H groups in total. The second-order valence-corrected chi connectivity index (χ2v) is 4.96. The van der Waals surface area contributed by atoms with Crippen LogP contribution in [0.2, 0.25) is 0 Å². The molecule has 0 bridgehead atoms. The van der Waals surface area contributed by atoms with Crippen LogP contribution in [0, 0.1) is 11.3 Å². The average Bonchev–Trinajstić information content (AvgIpc) is 2.66. The van der Waals surface area contributed by atoms with Crippen LogP contribution in [0.3, 0.4) is 0 Å². The summed E-state index contributed by atoms with van der Waals surface area (Å²) in [6, 6.07) is 13.9. The lowest BCUT2D eigenvalue weighted by Gasteiger charge is -2.09. The van der Waals surface area contributed by atoms with Gasteiger partial charge in [-0.25, -0.2) is 0 Å². The van der Waals surface area contributed by atoms with Gasteiger partial charge in [0.05, 0.1) is 21.3 Å². The van der Waals surface area contributed by atoms with Crippen molar-refractivity contribution in [2.24, 2.45) is 0 Å². The van der Waals surface area contributed by atoms with Crippen molar-refractivity contribution >= 4 is 17.7 Å². The highest BCUT2D eigenvalue weighted by atomic mass is 16.5. The zero-order chi connectivity index (χ0) is 18.2. The van der Waals surface area contributed by atoms with Crippen LogP contribution in [0.1, 0.15) is 5.56 Å². The Labute approximate surface area is 146 Å². The molecular formula is C19H18N2O4. The first-order valence-electron chi connectivity index (χ1n) is 7.40. The van der Waals surface area contributed by atoms with Crippen molar-refractivity contribution in [1.82, 2.24) is 0 Å². The van der Waals surface area contributed by atoms with E-state index in [4.69, 9.17) is 14.2 Å². The molecule has 0 unspecified atom stereocenters. The normalized spacial score (nSPS) is 10.6. The predicted octanol–water partition coefficient (Wildman–Crippen LogP) is 3.26. The van der Waals surface area contributed by atoms with Gasteiger partial charge in [-0.2, -0.15) is 5.26 Å². The Balaban J connectivity index is 2.27. The topological polar surface area (TPSA) is 80.6 Å². The molecule has 0 fully saturated rings. The number of carbonyl (C=O) groups excluding carboxylic acids is 1. The molecule has 0 aliphatic rings. The smallest absolute Gasteiger partial charge is 0.266 e. The summed E-state index contributed by atoms with van der Waals surface area (Å²) in [7, 11) is 4.60. The lowest BCUT2D eigenvalue weighted by Crippen LogP contribution is -2.13. The maximum absolute atomic E-state index is 12.4. The summed E-state index contributed by atoms with van der Waals surface area (Å²) < 4.78 is 15.5. The number of benzene rings is 2. The zero-order valence-corrected chi connectivity index (χ0v) is 14.2. The van der Waals surface area contributed by atoms with Crippen molar-refractivity contribution < 1.29 is 19.0 Å². The van der Waals surface area contributed by atoms with Crippen molar-refractivity contribution in [1.29, 1.82) is 5.26 Å². The summed E-state index contributed by atoms with van der Waals surface area (Å²) >= 11 is 0. The van der Waals surface area contributed by atoms with E-state index in [-0.39, 0.29) is 5.57 Å². The maximum Gasteiger partial charge on any atom is 0.266 e. The molecule has 0 aromatic heterocycles. The van der Waals surface area contributed by atoms with Crippen LogP contribution in [-0.2, 0) is 4.79 Å². The molecule has 1 amide bonds. The first kappa shape index (κ1) is 17.9. The Morgan fingerprint density at radius 2 is 1.76 bits per heavy atom. The summed E-state index contributed by atoms with van der Waals surface area (Å²) in [6.07, 6.45) is 1.47. The summed E-state index contributed by atoms with van der Waals surface area (Å²) in [5.41, 5.74) is 1.08. The van der Waals surface area contributed by atoms with E-state index < -0.39 is 5.91 Å². The van der Waals surface area contributed by atoms with Gasteiger partial charge in [0.1, 0.15) is 28.9 Å². The third kappa shape index (κ3) is 4.52. The lowest BCUT2D eigenvalue weighted by atomic mass is 10.1. The van der Waals surface area contributed by atoms with Crippen molar-refractivity contribution in [3.63, 3.8) is 0 Å². The molecule has 0 heterocycles. The lowest BCUT2D eigenvalue weighted by molar-refractivity contribution is -0.112. The van der Waals surface area contributed by atoms with E-state index in [1.165, 1.54) is 20.3 Å². The summed E-state index contributed by atoms with van der Waals surface area (Å²) in [6.45, 7) is 0. The van der Waals surface area contributed by atoms with Crippen LogP contribution in [0.15, 0.2) is 48.0 Å². The molecule has 2 rings (SSSR count). The van der Waals surface area contributed by atoms with Gasteiger partial charge in [-0.3, -0.25) is 4.79 Å². The molecule has 128 valence electrons. The van der Waals surface area contributed by atoms with Gasteiger partial charge >= 0.3 is 0 Å². The second-order valence-electron chi connectivity index (χ2n) is 4.96. The number of nitrogens with zero attached hydrogens (tertiary/aromatic N) is 1. The van der Waals surface area contributed by atoms with Gasteiger partial charge in [0, 0.05) is 23.4 Å². The van der Waals surface area contributed by atoms with Gasteiger partial charge in [0.2, 0.25) is 0 Å². The van der Waals surface area contributed by atoms with Crippen LogP contribution in [0.25, 0.3) is 6.08 Å². The Morgan fingerprint density at radius 3 is 2.40 bits per heavy atom. The van der Waals surface area contributed by atoms with E-state index in [1.807, 2.05) is 6.07 Å². The standard InChI is InChI=1S/C19H18N2O4/c1-23-16-6-4-5-15(10-16)21-19(22)14(12-20)9-13-7-8-17(24-2)11-18(13)25-3/h4-11H,1-3H3,(H,21,22). The fourth-order valence-corrected chi connectivity index (χ4v) is 2.14. The highest BCUT2D eigenvalue weighted by Gasteiger charge is 2.12. The van der Waals surface area contributed by atoms with Crippen LogP contribution < -0.4 is 19.5 Å². The number of hydrogen-bond donors (Lipinski definition) is 1. The second kappa shape index (κ2) is 8.41. The van der Waals surface area contributed by atoms with E-state index in [0.717, 1.165) is 0 Å². The monoisotopic (exact) mass is 338 g/mol. The molecule has 25 heavy (non-hydrogen) atoms. The van der Waals surface area contributed by atoms with Gasteiger partial charge in [0.15, 0.2) is 0 Å². The maximum atomic E-state index is 12.4. The van der Waals surface area contributed by atoms with E-state index >= 15 is 0 Å². The van der Waals surface area contributed by atoms with Gasteiger partial charge in [-0.05, 0) is 30.3 Å². The van der Waals surface area contributed by atoms with E-state index in [1.54, 1.807) is 49.6 Å². The highest BCUT2D eigenvalue weighted by Crippen LogP contribution is 2.27. The van der Waals surface area contributed by atoms with Gasteiger partial charge in [-0.1, -0.05) is 6.07 Å². The minimum Gasteiger partial charge on any atom is -0.497 e. The number of amides is 1. The Kier molecular flexibility index (Phi) is 6.02. The molecule has 0 aliphatic carbocycles. The van der Waals surface area contributed by atoms with E-state index in [0.29, 0.717) is 28.5 Å². The third-order valence-corrected chi connectivity index (χ3v) is 3.43. The van der Waals surface area contributed by atoms with Crippen LogP contribution in [0.5, 0.6) is 17.2 Å². The predicted molar refractivity (Wildman–Crippen MR) is 94.8 cm³/mol. The first-order valence-corrected chi connectivity index (χ1v) is 7.40. The highest BCUT2D eigenvalue weighted by molar-refractivity contribution is 6.09. The molecule has 0 aliphatic heterocycles. The molecule has 2 aromatic rings. The average molecular weight is 338 g/mol. The Morgan fingerprint density at radius 1 is 1.04 bits per heavy atom. The SMILES string of the molecule is COc1cccc(NC(=O)C(C#N)=Cc2ccc(OC)cc2OC)c1. The van der Waals surface area contributed by atoms with Crippen molar-refractivity contribution in [2.45, 2.75) is 0 Å². The molecule has 6 nitrogen and oxygen atoms in total. The van der Waals surface area contributed by atoms with Gasteiger partial charge < -0.3 is 19.5 Å². The van der Waals surface area contributed by atoms with E-state index in [2.05, 4.69) is 5.32 Å². The number of nitrogens with one attached hydrogen (secondary N) is 1. The van der Waals surface area contributed by atoms with Gasteiger partial charge in [0.25, 0.3) is 5.91 Å². The minimum absolute atomic E-state index is 0.0497. The van der Waals surface area contributed by atoms with Crippen molar-refractivity contribution in [2.75, 3.05) is 26.6 Å². The number of carbonyl (C=O) groups is 1. The number of ether oxygens (including phenoxy) is 3. The Bertz CT molecular complexity index is 838. The van der Waals surface area contributed by atoms with Gasteiger partial charge in [-0.15, -0.1) is 0 Å². The molecule has 0 atom stereocenters. The summed E-state index contributed by atoms with van der Waals surface area (Å²) in [5, 5.41) is 12.0. The first-order chi connectivity index (χ1) is 12.1. The van der Waals surface area contributed by atoms with Crippen LogP contribution in [-0.4, -0.2) is 27.2 Å². The molecular weight excluding hydrogens is 320 g/mol. The number of rotatable bonds is 6. The largest absolute Gasteiger partial charge is 0.497 e. The summed E-state index contributed by atoms with van der Waals surface area (Å²) in [4.78, 5) is 12.4. The van der Waals surface area contributed by atoms with Crippen molar-refractivity contribution in [3.8, 4) is 23.3 Å². The van der Waals surface area contributed by atoms with Crippen LogP contribution in [0.4, 0.5) is 5.69 Å². The molecule has 2 aromatic carbocycles. The fourth-order valence-electron chi connectivity index (χ4n) is 2.14. The number of anilines is 1. The summed E-state index contributed by atoms with van der Waals surface area (Å²) in [5.74, 6) is 1.21. The number of methoxy groups -OCH3 is 3. The molecule has 0 saturated carbocycles. The molecule has 6 heteroatoms. The number of nitriles is 1. The molecule has 0 saturated heterocycles. The molecule has 0 radical (unpaired) electrons. The minimum atomic E-state index is -0.520. The Hall–Kier alpha value is -3.46. The zero-order valence-electron chi connectivity index (χ0n) is 14.2. The third-order valence-electron chi connectivity index (χ3n) is 3.43. The quantitative estimate of drug-likeness (QED) is 0.646. The van der Waals surface area contributed by atoms with E-state index in [9.17, 15) is 10.1 Å². The fraction of sp³-hybridized carbons (Fsp3) is 0.158. The van der Waals surface area contributed by atoms with Crippen LogP contribution >= 0.6 is 0 Å². The molecule has 0 spiro atoms. The van der Waals surface area contributed by atoms with Crippen molar-refractivity contribution in [3.05, 3.63) is 53.6 Å². The number of hydrogen-bond acceptors (Lipinski definition) is 5.